The molecule has 23 heavy (non-hydrogen) atoms. The normalized spacial score (nSPS) is 18.2. The Bertz CT molecular complexity index is 357. The number of amides is 2. The number of piperidine rings is 1. The minimum absolute atomic E-state index is 0.235. The van der Waals surface area contributed by atoms with Crippen molar-refractivity contribution in [3.8, 4) is 0 Å². The van der Waals surface area contributed by atoms with E-state index in [2.05, 4.69) is 25.7 Å². The first-order chi connectivity index (χ1) is 10.6. The Morgan fingerprint density at radius 3 is 2.04 bits per heavy atom. The molecule has 0 aliphatic carbocycles. The van der Waals surface area contributed by atoms with Gasteiger partial charge in [0.25, 0.3) is 0 Å². The molecule has 0 aromatic heterocycles. The number of primary amides is 1. The van der Waals surface area contributed by atoms with Gasteiger partial charge in [-0.25, -0.2) is 4.79 Å². The lowest BCUT2D eigenvalue weighted by Crippen LogP contribution is -2.45. The van der Waals surface area contributed by atoms with Crippen molar-refractivity contribution >= 4 is 12.0 Å². The molecule has 136 valence electrons. The summed E-state index contributed by atoms with van der Waals surface area (Å²) in [5.74, 6) is -0.575. The average Bonchev–Trinajstić information content (AvgIpc) is 2.48. The van der Waals surface area contributed by atoms with Crippen molar-refractivity contribution in [2.45, 2.75) is 60.0 Å². The Labute approximate surface area is 141 Å². The topological polar surface area (TPSA) is 75.9 Å². The highest BCUT2D eigenvalue weighted by atomic mass is 16.6. The Morgan fingerprint density at radius 2 is 1.70 bits per heavy atom. The maximum absolute atomic E-state index is 11.7. The van der Waals surface area contributed by atoms with E-state index in [1.54, 1.807) is 4.90 Å². The number of hydrogen-bond acceptors (Lipinski definition) is 4. The SMILES string of the molecule is CC(C)(C)OC(=O)N1CCCC(C(N)=O)C1.CCN(CC)CC. The van der Waals surface area contributed by atoms with Crippen LogP contribution in [0.1, 0.15) is 54.4 Å². The van der Waals surface area contributed by atoms with E-state index in [-0.39, 0.29) is 17.9 Å². The van der Waals surface area contributed by atoms with Crippen LogP contribution in [0.5, 0.6) is 0 Å². The predicted molar refractivity (Wildman–Crippen MR) is 93.2 cm³/mol. The van der Waals surface area contributed by atoms with Gasteiger partial charge in [-0.2, -0.15) is 0 Å². The minimum atomic E-state index is -0.503. The molecule has 2 N–H and O–H groups in total. The number of carbonyl (C=O) groups is 2. The van der Waals surface area contributed by atoms with E-state index >= 15 is 0 Å². The summed E-state index contributed by atoms with van der Waals surface area (Å²) in [6.45, 7) is 16.6. The van der Waals surface area contributed by atoms with E-state index < -0.39 is 5.60 Å². The van der Waals surface area contributed by atoms with Crippen molar-refractivity contribution in [2.75, 3.05) is 32.7 Å². The molecule has 1 aliphatic heterocycles. The fourth-order valence-corrected chi connectivity index (χ4v) is 2.37. The molecule has 2 amide bonds. The van der Waals surface area contributed by atoms with Gasteiger partial charge in [0.15, 0.2) is 0 Å². The molecule has 0 aromatic rings. The summed E-state index contributed by atoms with van der Waals surface area (Å²) in [7, 11) is 0. The summed E-state index contributed by atoms with van der Waals surface area (Å²) in [6, 6.07) is 0. The third-order valence-electron chi connectivity index (χ3n) is 3.82. The highest BCUT2D eigenvalue weighted by Crippen LogP contribution is 2.18. The number of nitrogens with two attached hydrogens (primary N) is 1. The van der Waals surface area contributed by atoms with E-state index in [4.69, 9.17) is 10.5 Å². The maximum atomic E-state index is 11.7. The van der Waals surface area contributed by atoms with Crippen LogP contribution >= 0.6 is 0 Å². The largest absolute Gasteiger partial charge is 0.444 e. The van der Waals surface area contributed by atoms with Crippen LogP contribution in [-0.2, 0) is 9.53 Å². The van der Waals surface area contributed by atoms with Crippen LogP contribution in [0.15, 0.2) is 0 Å². The third kappa shape index (κ3) is 9.43. The zero-order chi connectivity index (χ0) is 18.0. The molecule has 1 heterocycles. The van der Waals surface area contributed by atoms with Crippen LogP contribution < -0.4 is 5.73 Å². The van der Waals surface area contributed by atoms with Crippen LogP contribution in [0.2, 0.25) is 0 Å². The van der Waals surface area contributed by atoms with Gasteiger partial charge in [-0.1, -0.05) is 20.8 Å². The molecule has 0 aromatic carbocycles. The molecule has 6 nitrogen and oxygen atoms in total. The standard InChI is InChI=1S/C11H20N2O3.C6H15N/c1-11(2,3)16-10(15)13-6-4-5-8(7-13)9(12)14;1-4-7(5-2)6-3/h8H,4-7H2,1-3H3,(H2,12,14);4-6H2,1-3H3. The average molecular weight is 329 g/mol. The van der Waals surface area contributed by atoms with Gasteiger partial charge in [0, 0.05) is 13.1 Å². The van der Waals surface area contributed by atoms with Gasteiger partial charge < -0.3 is 20.3 Å². The zero-order valence-corrected chi connectivity index (χ0v) is 15.7. The highest BCUT2D eigenvalue weighted by molar-refractivity contribution is 5.78. The summed E-state index contributed by atoms with van der Waals surface area (Å²) < 4.78 is 5.24. The second-order valence-corrected chi connectivity index (χ2v) is 6.79. The first-order valence-electron chi connectivity index (χ1n) is 8.64. The van der Waals surface area contributed by atoms with Crippen LogP contribution in [0.25, 0.3) is 0 Å². The number of likely N-dealkylation sites (tertiary alicyclic amines) is 1. The molecule has 1 aliphatic rings. The molecule has 6 heteroatoms. The van der Waals surface area contributed by atoms with Crippen LogP contribution in [0.4, 0.5) is 4.79 Å². The molecule has 0 radical (unpaired) electrons. The molecular weight excluding hydrogens is 294 g/mol. The summed E-state index contributed by atoms with van der Waals surface area (Å²) in [5, 5.41) is 0. The quantitative estimate of drug-likeness (QED) is 0.859. The first-order valence-corrected chi connectivity index (χ1v) is 8.64. The molecule has 0 saturated carbocycles. The monoisotopic (exact) mass is 329 g/mol. The van der Waals surface area contributed by atoms with Gasteiger partial charge in [-0.15, -0.1) is 0 Å². The Morgan fingerprint density at radius 1 is 1.17 bits per heavy atom. The second-order valence-electron chi connectivity index (χ2n) is 6.79. The molecule has 0 bridgehead atoms. The van der Waals surface area contributed by atoms with Crippen LogP contribution in [0.3, 0.4) is 0 Å². The molecule has 1 fully saturated rings. The minimum Gasteiger partial charge on any atom is -0.444 e. The number of nitrogens with zero attached hydrogens (tertiary/aromatic N) is 2. The van der Waals surface area contributed by atoms with Gasteiger partial charge in [-0.05, 0) is 53.2 Å². The molecule has 1 atom stereocenters. The van der Waals surface area contributed by atoms with Crippen molar-refractivity contribution in [1.29, 1.82) is 0 Å². The third-order valence-corrected chi connectivity index (χ3v) is 3.82. The zero-order valence-electron chi connectivity index (χ0n) is 15.7. The fourth-order valence-electron chi connectivity index (χ4n) is 2.37. The molecule has 1 rings (SSSR count). The lowest BCUT2D eigenvalue weighted by Gasteiger charge is -2.32. The fraction of sp³-hybridized carbons (Fsp3) is 0.882. The van der Waals surface area contributed by atoms with Crippen LogP contribution in [-0.4, -0.2) is 60.1 Å². The van der Waals surface area contributed by atoms with Gasteiger partial charge in [0.05, 0.1) is 5.92 Å². The highest BCUT2D eigenvalue weighted by Gasteiger charge is 2.29. The van der Waals surface area contributed by atoms with E-state index in [0.717, 1.165) is 12.8 Å². The van der Waals surface area contributed by atoms with E-state index in [0.29, 0.717) is 13.1 Å². The summed E-state index contributed by atoms with van der Waals surface area (Å²) in [4.78, 5) is 26.7. The van der Waals surface area contributed by atoms with Crippen molar-refractivity contribution in [1.82, 2.24) is 9.80 Å². The number of ether oxygens (including phenoxy) is 1. The lowest BCUT2D eigenvalue weighted by molar-refractivity contribution is -0.123. The smallest absolute Gasteiger partial charge is 0.410 e. The summed E-state index contributed by atoms with van der Waals surface area (Å²) in [5.41, 5.74) is 4.74. The van der Waals surface area contributed by atoms with E-state index in [1.807, 2.05) is 20.8 Å². The Kier molecular flexibility index (Phi) is 9.88. The molecular formula is C17H35N3O3. The lowest BCUT2D eigenvalue weighted by atomic mass is 9.98. The molecule has 1 saturated heterocycles. The van der Waals surface area contributed by atoms with Gasteiger partial charge in [0.1, 0.15) is 5.60 Å². The Balaban J connectivity index is 0.000000585. The van der Waals surface area contributed by atoms with Crippen LogP contribution in [0, 0.1) is 5.92 Å². The van der Waals surface area contributed by atoms with Crippen molar-refractivity contribution < 1.29 is 14.3 Å². The van der Waals surface area contributed by atoms with E-state index in [9.17, 15) is 9.59 Å². The van der Waals surface area contributed by atoms with Crippen molar-refractivity contribution in [3.63, 3.8) is 0 Å². The number of carbonyl (C=O) groups excluding carboxylic acids is 2. The summed E-state index contributed by atoms with van der Waals surface area (Å²) >= 11 is 0. The first kappa shape index (κ1) is 21.7. The predicted octanol–water partition coefficient (Wildman–Crippen LogP) is 2.47. The van der Waals surface area contributed by atoms with Gasteiger partial charge in [0.2, 0.25) is 5.91 Å². The van der Waals surface area contributed by atoms with Crippen molar-refractivity contribution in [3.05, 3.63) is 0 Å². The number of hydrogen-bond donors (Lipinski definition) is 1. The molecule has 1 unspecified atom stereocenters. The summed E-state index contributed by atoms with van der Waals surface area (Å²) in [6.07, 6.45) is 1.19. The number of rotatable bonds is 4. The Hall–Kier alpha value is -1.30. The van der Waals surface area contributed by atoms with E-state index in [1.165, 1.54) is 19.6 Å². The molecule has 0 spiro atoms. The second kappa shape index (κ2) is 10.5. The van der Waals surface area contributed by atoms with Crippen molar-refractivity contribution in [2.24, 2.45) is 11.7 Å². The van der Waals surface area contributed by atoms with Gasteiger partial charge >= 0.3 is 6.09 Å². The maximum Gasteiger partial charge on any atom is 0.410 e. The van der Waals surface area contributed by atoms with Gasteiger partial charge in [-0.3, -0.25) is 4.79 Å².